The van der Waals surface area contributed by atoms with Crippen molar-refractivity contribution in [3.63, 3.8) is 0 Å². The molecule has 0 radical (unpaired) electrons. The second-order valence-corrected chi connectivity index (χ2v) is 5.01. The van der Waals surface area contributed by atoms with Gasteiger partial charge in [0, 0.05) is 25.6 Å². The maximum atomic E-state index is 13.3. The van der Waals surface area contributed by atoms with Gasteiger partial charge in [-0.2, -0.15) is 0 Å². The predicted octanol–water partition coefficient (Wildman–Crippen LogP) is 1.63. The van der Waals surface area contributed by atoms with Gasteiger partial charge >= 0.3 is 0 Å². The van der Waals surface area contributed by atoms with E-state index in [0.717, 1.165) is 42.8 Å². The highest BCUT2D eigenvalue weighted by molar-refractivity contribution is 5.76. The van der Waals surface area contributed by atoms with Gasteiger partial charge in [0.05, 0.1) is 11.0 Å². The summed E-state index contributed by atoms with van der Waals surface area (Å²) in [7, 11) is 4.08. The smallest absolute Gasteiger partial charge is 0.125 e. The van der Waals surface area contributed by atoms with Gasteiger partial charge in [0.25, 0.3) is 0 Å². The van der Waals surface area contributed by atoms with Crippen molar-refractivity contribution in [3.05, 3.63) is 29.8 Å². The third-order valence-electron chi connectivity index (χ3n) is 3.16. The Kier molecular flexibility index (Phi) is 4.50. The standard InChI is InChI=1S/C14H21FN4/c1-18(2)8-9-19-13-6-5-11(15)10-12(13)17-14(19)4-3-7-16/h5-6,10H,3-4,7-9,16H2,1-2H3. The van der Waals surface area contributed by atoms with Crippen LogP contribution in [-0.4, -0.2) is 41.6 Å². The molecule has 1 aromatic carbocycles. The first-order valence-electron chi connectivity index (χ1n) is 6.61. The van der Waals surface area contributed by atoms with Gasteiger partial charge in [0.1, 0.15) is 11.6 Å². The van der Waals surface area contributed by atoms with Crippen LogP contribution in [0.3, 0.4) is 0 Å². The highest BCUT2D eigenvalue weighted by Gasteiger charge is 2.11. The molecule has 4 nitrogen and oxygen atoms in total. The Balaban J connectivity index is 2.36. The molecule has 0 unspecified atom stereocenters. The summed E-state index contributed by atoms with van der Waals surface area (Å²) < 4.78 is 15.4. The molecule has 1 heterocycles. The van der Waals surface area contributed by atoms with Crippen molar-refractivity contribution in [2.75, 3.05) is 27.2 Å². The average molecular weight is 264 g/mol. The molecule has 5 heteroatoms. The number of fused-ring (bicyclic) bond motifs is 1. The van der Waals surface area contributed by atoms with Crippen molar-refractivity contribution in [2.24, 2.45) is 5.73 Å². The number of aromatic nitrogens is 2. The number of benzene rings is 1. The van der Waals surface area contributed by atoms with E-state index in [0.29, 0.717) is 6.54 Å². The van der Waals surface area contributed by atoms with Crippen LogP contribution in [0.15, 0.2) is 18.2 Å². The predicted molar refractivity (Wildman–Crippen MR) is 75.6 cm³/mol. The van der Waals surface area contributed by atoms with Crippen LogP contribution in [0.4, 0.5) is 4.39 Å². The summed E-state index contributed by atoms with van der Waals surface area (Å²) in [6.45, 7) is 2.43. The molecular weight excluding hydrogens is 243 g/mol. The third kappa shape index (κ3) is 3.30. The number of likely N-dealkylation sites (N-methyl/N-ethyl adjacent to an activating group) is 1. The lowest BCUT2D eigenvalue weighted by Gasteiger charge is -2.13. The largest absolute Gasteiger partial charge is 0.330 e. The SMILES string of the molecule is CN(C)CCn1c(CCCN)nc2cc(F)ccc21. The summed E-state index contributed by atoms with van der Waals surface area (Å²) in [5.74, 6) is 0.753. The van der Waals surface area contributed by atoms with Gasteiger partial charge in [0.15, 0.2) is 0 Å². The number of imidazole rings is 1. The van der Waals surface area contributed by atoms with E-state index in [1.54, 1.807) is 6.07 Å². The second kappa shape index (κ2) is 6.12. The summed E-state index contributed by atoms with van der Waals surface area (Å²) in [5, 5.41) is 0. The molecule has 0 spiro atoms. The summed E-state index contributed by atoms with van der Waals surface area (Å²) in [6, 6.07) is 4.79. The van der Waals surface area contributed by atoms with Crippen LogP contribution >= 0.6 is 0 Å². The lowest BCUT2D eigenvalue weighted by atomic mass is 10.3. The van der Waals surface area contributed by atoms with Crippen molar-refractivity contribution in [3.8, 4) is 0 Å². The Morgan fingerprint density at radius 2 is 2.16 bits per heavy atom. The average Bonchev–Trinajstić information content (AvgIpc) is 2.70. The molecule has 19 heavy (non-hydrogen) atoms. The fraction of sp³-hybridized carbons (Fsp3) is 0.500. The van der Waals surface area contributed by atoms with Crippen molar-refractivity contribution in [2.45, 2.75) is 19.4 Å². The van der Waals surface area contributed by atoms with E-state index in [-0.39, 0.29) is 5.82 Å². The first-order chi connectivity index (χ1) is 9.11. The number of hydrogen-bond acceptors (Lipinski definition) is 3. The molecule has 104 valence electrons. The van der Waals surface area contributed by atoms with Crippen LogP contribution in [0.25, 0.3) is 11.0 Å². The van der Waals surface area contributed by atoms with E-state index in [4.69, 9.17) is 5.73 Å². The van der Waals surface area contributed by atoms with E-state index in [9.17, 15) is 4.39 Å². The summed E-state index contributed by atoms with van der Waals surface area (Å²) in [6.07, 6.45) is 1.73. The topological polar surface area (TPSA) is 47.1 Å². The minimum absolute atomic E-state index is 0.241. The Hall–Kier alpha value is -1.46. The molecule has 0 aliphatic rings. The summed E-state index contributed by atoms with van der Waals surface area (Å²) in [5.41, 5.74) is 7.28. The highest BCUT2D eigenvalue weighted by Crippen LogP contribution is 2.18. The molecule has 0 bridgehead atoms. The van der Waals surface area contributed by atoms with E-state index in [1.807, 2.05) is 14.1 Å². The number of nitrogens with zero attached hydrogens (tertiary/aromatic N) is 3. The quantitative estimate of drug-likeness (QED) is 0.862. The number of rotatable bonds is 6. The zero-order valence-electron chi connectivity index (χ0n) is 11.6. The van der Waals surface area contributed by atoms with E-state index in [2.05, 4.69) is 14.5 Å². The van der Waals surface area contributed by atoms with Gasteiger partial charge in [-0.15, -0.1) is 0 Å². The number of aryl methyl sites for hydroxylation is 1. The maximum Gasteiger partial charge on any atom is 0.125 e. The van der Waals surface area contributed by atoms with Gasteiger partial charge in [-0.1, -0.05) is 0 Å². The first-order valence-corrected chi connectivity index (χ1v) is 6.61. The number of hydrogen-bond donors (Lipinski definition) is 1. The van der Waals surface area contributed by atoms with E-state index in [1.165, 1.54) is 12.1 Å². The normalized spacial score (nSPS) is 11.6. The summed E-state index contributed by atoms with van der Waals surface area (Å²) in [4.78, 5) is 6.66. The number of nitrogens with two attached hydrogens (primary N) is 1. The third-order valence-corrected chi connectivity index (χ3v) is 3.16. The molecule has 0 saturated heterocycles. The Labute approximate surface area is 113 Å². The van der Waals surface area contributed by atoms with Crippen molar-refractivity contribution >= 4 is 11.0 Å². The van der Waals surface area contributed by atoms with Crippen LogP contribution in [0.1, 0.15) is 12.2 Å². The second-order valence-electron chi connectivity index (χ2n) is 5.01. The van der Waals surface area contributed by atoms with Gasteiger partial charge < -0.3 is 15.2 Å². The molecule has 0 aliphatic carbocycles. The molecule has 1 aromatic heterocycles. The van der Waals surface area contributed by atoms with Crippen LogP contribution in [0.2, 0.25) is 0 Å². The maximum absolute atomic E-state index is 13.3. The Morgan fingerprint density at radius 3 is 2.84 bits per heavy atom. The van der Waals surface area contributed by atoms with E-state index >= 15 is 0 Å². The Morgan fingerprint density at radius 1 is 1.37 bits per heavy atom. The highest BCUT2D eigenvalue weighted by atomic mass is 19.1. The van der Waals surface area contributed by atoms with Crippen LogP contribution in [-0.2, 0) is 13.0 Å². The van der Waals surface area contributed by atoms with E-state index < -0.39 is 0 Å². The van der Waals surface area contributed by atoms with Gasteiger partial charge in [-0.25, -0.2) is 9.37 Å². The lowest BCUT2D eigenvalue weighted by Crippen LogP contribution is -2.19. The van der Waals surface area contributed by atoms with Crippen molar-refractivity contribution in [1.29, 1.82) is 0 Å². The fourth-order valence-corrected chi connectivity index (χ4v) is 2.15. The minimum atomic E-state index is -0.241. The molecule has 0 atom stereocenters. The van der Waals surface area contributed by atoms with Crippen molar-refractivity contribution < 1.29 is 4.39 Å². The minimum Gasteiger partial charge on any atom is -0.330 e. The number of halogens is 1. The zero-order chi connectivity index (χ0) is 13.8. The monoisotopic (exact) mass is 264 g/mol. The molecule has 0 aliphatic heterocycles. The molecule has 2 aromatic rings. The zero-order valence-corrected chi connectivity index (χ0v) is 11.6. The molecule has 0 amide bonds. The van der Waals surface area contributed by atoms with Gasteiger partial charge in [0.2, 0.25) is 0 Å². The van der Waals surface area contributed by atoms with Crippen LogP contribution < -0.4 is 5.73 Å². The first kappa shape index (κ1) is 14.0. The lowest BCUT2D eigenvalue weighted by molar-refractivity contribution is 0.383. The molecule has 2 rings (SSSR count). The molecule has 2 N–H and O–H groups in total. The molecule has 0 fully saturated rings. The summed E-state index contributed by atoms with van der Waals surface area (Å²) >= 11 is 0. The van der Waals surface area contributed by atoms with Gasteiger partial charge in [-0.3, -0.25) is 0 Å². The molecular formula is C14H21FN4. The van der Waals surface area contributed by atoms with Crippen LogP contribution in [0.5, 0.6) is 0 Å². The van der Waals surface area contributed by atoms with Crippen LogP contribution in [0, 0.1) is 5.82 Å². The van der Waals surface area contributed by atoms with Gasteiger partial charge in [-0.05, 0) is 39.2 Å². The molecule has 0 saturated carbocycles. The Bertz CT molecular complexity index is 548. The van der Waals surface area contributed by atoms with Crippen molar-refractivity contribution in [1.82, 2.24) is 14.5 Å². The fourth-order valence-electron chi connectivity index (χ4n) is 2.15.